The maximum atomic E-state index is 4.19. The summed E-state index contributed by atoms with van der Waals surface area (Å²) in [6.07, 6.45) is 9.77. The van der Waals surface area contributed by atoms with Crippen LogP contribution in [0.15, 0.2) is 12.5 Å². The van der Waals surface area contributed by atoms with Crippen LogP contribution in [0.1, 0.15) is 38.3 Å². The molecule has 1 aromatic heterocycles. The second kappa shape index (κ2) is 3.88. The summed E-state index contributed by atoms with van der Waals surface area (Å²) in [4.78, 5) is 4.19. The molecular formula is C13H21N3. The van der Waals surface area contributed by atoms with E-state index in [9.17, 15) is 0 Å². The van der Waals surface area contributed by atoms with Crippen molar-refractivity contribution >= 4 is 0 Å². The number of hydrogen-bond acceptors (Lipinski definition) is 2. The first-order valence-corrected chi connectivity index (χ1v) is 6.54. The highest BCUT2D eigenvalue weighted by Crippen LogP contribution is 2.60. The first-order chi connectivity index (χ1) is 7.84. The Morgan fingerprint density at radius 1 is 1.50 bits per heavy atom. The van der Waals surface area contributed by atoms with Crippen LogP contribution in [0, 0.1) is 11.3 Å². The molecule has 1 heterocycles. The Morgan fingerprint density at radius 3 is 2.94 bits per heavy atom. The third kappa shape index (κ3) is 1.88. The Kier molecular flexibility index (Phi) is 2.51. The molecule has 0 saturated heterocycles. The fourth-order valence-corrected chi connectivity index (χ4v) is 2.81. The van der Waals surface area contributed by atoms with E-state index >= 15 is 0 Å². The number of aryl methyl sites for hydroxylation is 1. The lowest BCUT2D eigenvalue weighted by molar-refractivity contribution is 0.400. The van der Waals surface area contributed by atoms with E-state index < -0.39 is 0 Å². The number of hydrogen-bond donors (Lipinski definition) is 1. The third-order valence-corrected chi connectivity index (χ3v) is 4.26. The molecule has 0 aromatic carbocycles. The lowest BCUT2D eigenvalue weighted by atomic mass is 10.0. The fraction of sp³-hybridized carbons (Fsp3) is 0.769. The maximum Gasteiger partial charge on any atom is 0.0948 e. The van der Waals surface area contributed by atoms with Gasteiger partial charge in [-0.05, 0) is 43.9 Å². The molecular weight excluding hydrogens is 198 g/mol. The molecule has 3 nitrogen and oxygen atoms in total. The van der Waals surface area contributed by atoms with Gasteiger partial charge in [0.15, 0.2) is 0 Å². The van der Waals surface area contributed by atoms with Crippen molar-refractivity contribution in [1.82, 2.24) is 14.9 Å². The highest BCUT2D eigenvalue weighted by molar-refractivity contribution is 5.06. The topological polar surface area (TPSA) is 29.9 Å². The summed E-state index contributed by atoms with van der Waals surface area (Å²) < 4.78 is 2.21. The highest BCUT2D eigenvalue weighted by Gasteiger charge is 2.53. The van der Waals surface area contributed by atoms with Crippen molar-refractivity contribution in [3.63, 3.8) is 0 Å². The Labute approximate surface area is 97.3 Å². The molecule has 3 rings (SSSR count). The molecule has 0 amide bonds. The van der Waals surface area contributed by atoms with Gasteiger partial charge in [0.1, 0.15) is 0 Å². The molecule has 2 saturated carbocycles. The van der Waals surface area contributed by atoms with E-state index in [1.54, 1.807) is 0 Å². The van der Waals surface area contributed by atoms with E-state index in [2.05, 4.69) is 21.8 Å². The van der Waals surface area contributed by atoms with Crippen LogP contribution in [-0.4, -0.2) is 16.1 Å². The minimum absolute atomic E-state index is 0.705. The van der Waals surface area contributed by atoms with Gasteiger partial charge in [-0.1, -0.05) is 0 Å². The number of aromatic nitrogens is 2. The highest BCUT2D eigenvalue weighted by atomic mass is 15.1. The monoisotopic (exact) mass is 219 g/mol. The minimum Gasteiger partial charge on any atom is -0.334 e. The van der Waals surface area contributed by atoms with E-state index in [4.69, 9.17) is 0 Å². The predicted molar refractivity (Wildman–Crippen MR) is 64.0 cm³/mol. The van der Waals surface area contributed by atoms with Crippen molar-refractivity contribution in [2.24, 2.45) is 11.3 Å². The molecule has 2 fully saturated rings. The SMILES string of the molecule is CCn1cncc1CNCC1(C2CC2)CC1. The van der Waals surface area contributed by atoms with Crippen LogP contribution in [0.2, 0.25) is 0 Å². The van der Waals surface area contributed by atoms with Gasteiger partial charge in [-0.3, -0.25) is 0 Å². The van der Waals surface area contributed by atoms with Gasteiger partial charge in [-0.2, -0.15) is 0 Å². The lowest BCUT2D eigenvalue weighted by Gasteiger charge is -2.15. The molecule has 2 aliphatic carbocycles. The first-order valence-electron chi connectivity index (χ1n) is 6.54. The molecule has 1 aromatic rings. The number of rotatable bonds is 6. The van der Waals surface area contributed by atoms with E-state index in [-0.39, 0.29) is 0 Å². The van der Waals surface area contributed by atoms with Crippen LogP contribution in [0.3, 0.4) is 0 Å². The predicted octanol–water partition coefficient (Wildman–Crippen LogP) is 2.18. The van der Waals surface area contributed by atoms with Gasteiger partial charge in [0.2, 0.25) is 0 Å². The summed E-state index contributed by atoms with van der Waals surface area (Å²) in [5.74, 6) is 1.05. The van der Waals surface area contributed by atoms with Crippen molar-refractivity contribution in [2.45, 2.75) is 45.7 Å². The van der Waals surface area contributed by atoms with Gasteiger partial charge in [0, 0.05) is 25.8 Å². The molecule has 0 aliphatic heterocycles. The number of nitrogens with zero attached hydrogens (tertiary/aromatic N) is 2. The van der Waals surface area contributed by atoms with Crippen molar-refractivity contribution in [3.05, 3.63) is 18.2 Å². The van der Waals surface area contributed by atoms with Gasteiger partial charge in [0.05, 0.1) is 12.0 Å². The van der Waals surface area contributed by atoms with Crippen molar-refractivity contribution in [1.29, 1.82) is 0 Å². The van der Waals surface area contributed by atoms with Gasteiger partial charge < -0.3 is 9.88 Å². The van der Waals surface area contributed by atoms with Gasteiger partial charge in [0.25, 0.3) is 0 Å². The zero-order chi connectivity index (χ0) is 11.0. The average molecular weight is 219 g/mol. The molecule has 0 spiro atoms. The Bertz CT molecular complexity index is 361. The zero-order valence-corrected chi connectivity index (χ0v) is 10.1. The zero-order valence-electron chi connectivity index (χ0n) is 10.1. The first kappa shape index (κ1) is 10.3. The number of imidazole rings is 1. The summed E-state index contributed by atoms with van der Waals surface area (Å²) in [7, 11) is 0. The van der Waals surface area contributed by atoms with Gasteiger partial charge in [-0.25, -0.2) is 4.98 Å². The lowest BCUT2D eigenvalue weighted by Crippen LogP contribution is -2.25. The van der Waals surface area contributed by atoms with Crippen molar-refractivity contribution < 1.29 is 0 Å². The smallest absolute Gasteiger partial charge is 0.0948 e. The second-order valence-corrected chi connectivity index (χ2v) is 5.41. The third-order valence-electron chi connectivity index (χ3n) is 4.26. The summed E-state index contributed by atoms with van der Waals surface area (Å²) in [6.45, 7) is 5.37. The Hall–Kier alpha value is -0.830. The quantitative estimate of drug-likeness (QED) is 0.794. The van der Waals surface area contributed by atoms with E-state index in [0.717, 1.165) is 19.0 Å². The largest absolute Gasteiger partial charge is 0.334 e. The molecule has 0 unspecified atom stereocenters. The molecule has 3 heteroatoms. The van der Waals surface area contributed by atoms with E-state index in [1.807, 2.05) is 12.5 Å². The summed E-state index contributed by atoms with van der Waals surface area (Å²) in [6, 6.07) is 0. The van der Waals surface area contributed by atoms with Crippen LogP contribution in [0.4, 0.5) is 0 Å². The molecule has 0 bridgehead atoms. The molecule has 16 heavy (non-hydrogen) atoms. The molecule has 1 N–H and O–H groups in total. The number of nitrogens with one attached hydrogen (secondary N) is 1. The van der Waals surface area contributed by atoms with Gasteiger partial charge >= 0.3 is 0 Å². The van der Waals surface area contributed by atoms with Crippen LogP contribution >= 0.6 is 0 Å². The normalized spacial score (nSPS) is 22.3. The summed E-state index contributed by atoms with van der Waals surface area (Å²) in [5, 5.41) is 3.63. The summed E-state index contributed by atoms with van der Waals surface area (Å²) in [5.41, 5.74) is 2.02. The molecule has 2 aliphatic rings. The van der Waals surface area contributed by atoms with Gasteiger partial charge in [-0.15, -0.1) is 0 Å². The van der Waals surface area contributed by atoms with E-state index in [0.29, 0.717) is 5.41 Å². The fourth-order valence-electron chi connectivity index (χ4n) is 2.81. The average Bonchev–Trinajstić information content (AvgIpc) is 3.17. The van der Waals surface area contributed by atoms with Crippen LogP contribution in [-0.2, 0) is 13.1 Å². The minimum atomic E-state index is 0.705. The maximum absolute atomic E-state index is 4.19. The van der Waals surface area contributed by atoms with Crippen LogP contribution in [0.25, 0.3) is 0 Å². The van der Waals surface area contributed by atoms with Crippen LogP contribution < -0.4 is 5.32 Å². The van der Waals surface area contributed by atoms with Crippen LogP contribution in [0.5, 0.6) is 0 Å². The Morgan fingerprint density at radius 2 is 2.31 bits per heavy atom. The molecule has 88 valence electrons. The summed E-state index contributed by atoms with van der Waals surface area (Å²) >= 11 is 0. The van der Waals surface area contributed by atoms with Crippen molar-refractivity contribution in [2.75, 3.05) is 6.54 Å². The van der Waals surface area contributed by atoms with E-state index in [1.165, 1.54) is 37.9 Å². The Balaban J connectivity index is 1.49. The molecule has 0 radical (unpaired) electrons. The van der Waals surface area contributed by atoms with Crippen molar-refractivity contribution in [3.8, 4) is 0 Å². The molecule has 0 atom stereocenters. The standard InChI is InChI=1S/C13H21N3/c1-2-16-10-15-8-12(16)7-14-9-13(5-6-13)11-3-4-11/h8,10-11,14H,2-7,9H2,1H3. The second-order valence-electron chi connectivity index (χ2n) is 5.41.